The Balaban J connectivity index is 2.08. The fraction of sp³-hybridized carbons (Fsp3) is 0.235. The summed E-state index contributed by atoms with van der Waals surface area (Å²) < 4.78 is 2.25. The molecule has 3 nitrogen and oxygen atoms in total. The van der Waals surface area contributed by atoms with E-state index >= 15 is 0 Å². The number of anilines is 1. The lowest BCUT2D eigenvalue weighted by Crippen LogP contribution is -2.04. The van der Waals surface area contributed by atoms with Gasteiger partial charge in [-0.3, -0.25) is 0 Å². The van der Waals surface area contributed by atoms with E-state index in [-0.39, 0.29) is 0 Å². The number of hydrogen-bond donors (Lipinski definition) is 1. The number of aromatic nitrogens is 2. The van der Waals surface area contributed by atoms with Crippen molar-refractivity contribution in [2.45, 2.75) is 26.8 Å². The molecule has 0 radical (unpaired) electrons. The quantitative estimate of drug-likeness (QED) is 0.736. The molecule has 20 heavy (non-hydrogen) atoms. The second-order valence-electron chi connectivity index (χ2n) is 5.12. The molecule has 102 valence electrons. The van der Waals surface area contributed by atoms with Crippen molar-refractivity contribution in [3.8, 4) is 0 Å². The van der Waals surface area contributed by atoms with Gasteiger partial charge < -0.3 is 10.3 Å². The molecule has 3 heteroatoms. The Morgan fingerprint density at radius 3 is 2.60 bits per heavy atom. The van der Waals surface area contributed by atoms with Crippen molar-refractivity contribution in [1.82, 2.24) is 9.55 Å². The number of nitrogen functional groups attached to an aromatic ring is 1. The molecule has 0 saturated heterocycles. The van der Waals surface area contributed by atoms with Crippen molar-refractivity contribution in [3.05, 3.63) is 59.4 Å². The molecule has 0 spiro atoms. The summed E-state index contributed by atoms with van der Waals surface area (Å²) in [6.45, 7) is 5.10. The Bertz CT molecular complexity index is 756. The van der Waals surface area contributed by atoms with Gasteiger partial charge in [0.05, 0.1) is 11.0 Å². The summed E-state index contributed by atoms with van der Waals surface area (Å²) in [5, 5.41) is 0. The number of aryl methyl sites for hydroxylation is 2. The van der Waals surface area contributed by atoms with Gasteiger partial charge in [-0.05, 0) is 42.7 Å². The van der Waals surface area contributed by atoms with Crippen LogP contribution < -0.4 is 5.73 Å². The molecule has 0 aliphatic carbocycles. The van der Waals surface area contributed by atoms with Gasteiger partial charge in [0.15, 0.2) is 0 Å². The molecule has 0 aliphatic heterocycles. The summed E-state index contributed by atoms with van der Waals surface area (Å²) in [7, 11) is 0. The van der Waals surface area contributed by atoms with E-state index in [1.54, 1.807) is 0 Å². The Hall–Kier alpha value is -2.29. The molecule has 0 saturated carbocycles. The minimum atomic E-state index is 0.760. The molecule has 2 N–H and O–H groups in total. The maximum absolute atomic E-state index is 5.83. The van der Waals surface area contributed by atoms with Gasteiger partial charge in [-0.2, -0.15) is 0 Å². The van der Waals surface area contributed by atoms with Crippen LogP contribution in [-0.4, -0.2) is 9.55 Å². The van der Waals surface area contributed by atoms with Crippen LogP contribution in [0.25, 0.3) is 11.0 Å². The molecule has 1 heterocycles. The third kappa shape index (κ3) is 2.16. The van der Waals surface area contributed by atoms with E-state index in [1.165, 1.54) is 11.1 Å². The number of rotatable bonds is 3. The largest absolute Gasteiger partial charge is 0.399 e. The number of imidazole rings is 1. The lowest BCUT2D eigenvalue weighted by atomic mass is 10.1. The number of hydrogen-bond acceptors (Lipinski definition) is 2. The SMILES string of the molecule is CCc1ccccc1Cn1c(C)nc2cc(N)ccc21. The first kappa shape index (κ1) is 12.7. The average molecular weight is 265 g/mol. The monoisotopic (exact) mass is 265 g/mol. The van der Waals surface area contributed by atoms with Crippen LogP contribution in [0.3, 0.4) is 0 Å². The maximum atomic E-state index is 5.83. The predicted octanol–water partition coefficient (Wildman–Crippen LogP) is 3.54. The standard InChI is InChI=1S/C17H19N3/c1-3-13-6-4-5-7-14(13)11-20-12(2)19-16-10-15(18)8-9-17(16)20/h4-10H,3,11,18H2,1-2H3. The summed E-state index contributed by atoms with van der Waals surface area (Å²) in [5.74, 6) is 1.02. The smallest absolute Gasteiger partial charge is 0.107 e. The highest BCUT2D eigenvalue weighted by Crippen LogP contribution is 2.21. The number of fused-ring (bicyclic) bond motifs is 1. The molecule has 0 aliphatic rings. The summed E-state index contributed by atoms with van der Waals surface area (Å²) in [6, 6.07) is 14.5. The van der Waals surface area contributed by atoms with E-state index in [1.807, 2.05) is 19.1 Å². The van der Waals surface area contributed by atoms with E-state index in [2.05, 4.69) is 46.8 Å². The molecule has 1 aromatic heterocycles. The number of nitrogens with two attached hydrogens (primary N) is 1. The Labute approximate surface area is 119 Å². The van der Waals surface area contributed by atoms with Gasteiger partial charge in [0.25, 0.3) is 0 Å². The van der Waals surface area contributed by atoms with Gasteiger partial charge in [0, 0.05) is 12.2 Å². The van der Waals surface area contributed by atoms with Gasteiger partial charge in [-0.15, -0.1) is 0 Å². The van der Waals surface area contributed by atoms with Crippen LogP contribution in [0, 0.1) is 6.92 Å². The van der Waals surface area contributed by atoms with Crippen LogP contribution in [0.4, 0.5) is 5.69 Å². The molecule has 0 atom stereocenters. The van der Waals surface area contributed by atoms with Gasteiger partial charge in [-0.25, -0.2) is 4.98 Å². The highest BCUT2D eigenvalue weighted by Gasteiger charge is 2.09. The van der Waals surface area contributed by atoms with Crippen molar-refractivity contribution in [2.24, 2.45) is 0 Å². The summed E-state index contributed by atoms with van der Waals surface area (Å²) in [5.41, 5.74) is 11.5. The van der Waals surface area contributed by atoms with E-state index in [0.29, 0.717) is 0 Å². The zero-order valence-corrected chi connectivity index (χ0v) is 11.9. The van der Waals surface area contributed by atoms with Gasteiger partial charge >= 0.3 is 0 Å². The molecule has 3 rings (SSSR count). The summed E-state index contributed by atoms with van der Waals surface area (Å²) in [6.07, 6.45) is 1.05. The number of nitrogens with zero attached hydrogens (tertiary/aromatic N) is 2. The van der Waals surface area contributed by atoms with Crippen molar-refractivity contribution in [1.29, 1.82) is 0 Å². The summed E-state index contributed by atoms with van der Waals surface area (Å²) >= 11 is 0. The van der Waals surface area contributed by atoms with Gasteiger partial charge in [0.2, 0.25) is 0 Å². The third-order valence-corrected chi connectivity index (χ3v) is 3.79. The molecule has 0 fully saturated rings. The fourth-order valence-corrected chi connectivity index (χ4v) is 2.69. The second-order valence-corrected chi connectivity index (χ2v) is 5.12. The van der Waals surface area contributed by atoms with Crippen LogP contribution in [0.1, 0.15) is 23.9 Å². The normalized spacial score (nSPS) is 11.1. The zero-order valence-electron chi connectivity index (χ0n) is 11.9. The third-order valence-electron chi connectivity index (χ3n) is 3.79. The molecule has 0 amide bonds. The van der Waals surface area contributed by atoms with E-state index in [0.717, 1.165) is 35.5 Å². The Morgan fingerprint density at radius 2 is 1.85 bits per heavy atom. The maximum Gasteiger partial charge on any atom is 0.107 e. The van der Waals surface area contributed by atoms with Crippen LogP contribution in [0.15, 0.2) is 42.5 Å². The lowest BCUT2D eigenvalue weighted by Gasteiger charge is -2.11. The molecule has 2 aromatic carbocycles. The van der Waals surface area contributed by atoms with Crippen LogP contribution >= 0.6 is 0 Å². The first-order chi connectivity index (χ1) is 9.69. The minimum Gasteiger partial charge on any atom is -0.399 e. The highest BCUT2D eigenvalue weighted by atomic mass is 15.1. The zero-order chi connectivity index (χ0) is 14.1. The van der Waals surface area contributed by atoms with Gasteiger partial charge in [0.1, 0.15) is 5.82 Å². The summed E-state index contributed by atoms with van der Waals surface area (Å²) in [4.78, 5) is 4.61. The lowest BCUT2D eigenvalue weighted by molar-refractivity contribution is 0.777. The van der Waals surface area contributed by atoms with Gasteiger partial charge in [-0.1, -0.05) is 31.2 Å². The van der Waals surface area contributed by atoms with E-state index < -0.39 is 0 Å². The van der Waals surface area contributed by atoms with Crippen molar-refractivity contribution < 1.29 is 0 Å². The molecule has 0 unspecified atom stereocenters. The fourth-order valence-electron chi connectivity index (χ4n) is 2.69. The van der Waals surface area contributed by atoms with Crippen molar-refractivity contribution >= 4 is 16.7 Å². The second kappa shape index (κ2) is 5.00. The molecule has 3 aromatic rings. The van der Waals surface area contributed by atoms with Crippen molar-refractivity contribution in [2.75, 3.05) is 5.73 Å². The first-order valence-corrected chi connectivity index (χ1v) is 6.98. The van der Waals surface area contributed by atoms with Crippen LogP contribution in [0.2, 0.25) is 0 Å². The van der Waals surface area contributed by atoms with E-state index in [9.17, 15) is 0 Å². The first-order valence-electron chi connectivity index (χ1n) is 6.98. The topological polar surface area (TPSA) is 43.8 Å². The molecular formula is C17H19N3. The Morgan fingerprint density at radius 1 is 1.10 bits per heavy atom. The molecule has 0 bridgehead atoms. The minimum absolute atomic E-state index is 0.760. The molecular weight excluding hydrogens is 246 g/mol. The number of benzene rings is 2. The average Bonchev–Trinajstić information content (AvgIpc) is 2.75. The van der Waals surface area contributed by atoms with Crippen molar-refractivity contribution in [3.63, 3.8) is 0 Å². The predicted molar refractivity (Wildman–Crippen MR) is 83.8 cm³/mol. The Kier molecular flexibility index (Phi) is 3.18. The van der Waals surface area contributed by atoms with Crippen LogP contribution in [0.5, 0.6) is 0 Å². The van der Waals surface area contributed by atoms with E-state index in [4.69, 9.17) is 5.73 Å². The van der Waals surface area contributed by atoms with Crippen LogP contribution in [-0.2, 0) is 13.0 Å². The highest BCUT2D eigenvalue weighted by molar-refractivity contribution is 5.79.